The van der Waals surface area contributed by atoms with Gasteiger partial charge < -0.3 is 10.0 Å². The molecule has 0 unspecified atom stereocenters. The quantitative estimate of drug-likeness (QED) is 0.779. The Kier molecular flexibility index (Phi) is 4.77. The van der Waals surface area contributed by atoms with Crippen molar-refractivity contribution in [3.05, 3.63) is 30.1 Å². The summed E-state index contributed by atoms with van der Waals surface area (Å²) in [6.07, 6.45) is 4.37. The van der Waals surface area contributed by atoms with Crippen molar-refractivity contribution < 1.29 is 9.90 Å². The molecule has 15 heavy (non-hydrogen) atoms. The van der Waals surface area contributed by atoms with E-state index in [1.807, 2.05) is 12.1 Å². The van der Waals surface area contributed by atoms with Gasteiger partial charge in [-0.15, -0.1) is 0 Å². The molecule has 1 amide bonds. The van der Waals surface area contributed by atoms with Gasteiger partial charge in [-0.1, -0.05) is 6.07 Å². The molecule has 4 nitrogen and oxygen atoms in total. The first-order valence-electron chi connectivity index (χ1n) is 4.97. The van der Waals surface area contributed by atoms with Crippen LogP contribution in [0.2, 0.25) is 0 Å². The number of carbonyl (C=O) groups is 1. The minimum atomic E-state index is 0.0490. The molecule has 0 saturated heterocycles. The van der Waals surface area contributed by atoms with Gasteiger partial charge in [0.2, 0.25) is 5.91 Å². The molecule has 0 spiro atoms. The Bertz CT molecular complexity index is 301. The Morgan fingerprint density at radius 2 is 2.40 bits per heavy atom. The van der Waals surface area contributed by atoms with E-state index in [2.05, 4.69) is 4.98 Å². The van der Waals surface area contributed by atoms with Crippen molar-refractivity contribution in [1.29, 1.82) is 0 Å². The van der Waals surface area contributed by atoms with E-state index in [1.165, 1.54) is 0 Å². The highest BCUT2D eigenvalue weighted by Gasteiger charge is 2.08. The van der Waals surface area contributed by atoms with E-state index in [1.54, 1.807) is 24.3 Å². The lowest BCUT2D eigenvalue weighted by Crippen LogP contribution is -2.26. The van der Waals surface area contributed by atoms with Crippen molar-refractivity contribution in [2.75, 3.05) is 13.7 Å². The van der Waals surface area contributed by atoms with E-state index in [0.29, 0.717) is 19.4 Å². The van der Waals surface area contributed by atoms with Crippen LogP contribution < -0.4 is 0 Å². The van der Waals surface area contributed by atoms with Gasteiger partial charge >= 0.3 is 0 Å². The lowest BCUT2D eigenvalue weighted by molar-refractivity contribution is -0.130. The third-order valence-corrected chi connectivity index (χ3v) is 2.12. The maximum atomic E-state index is 11.5. The maximum absolute atomic E-state index is 11.5. The fourth-order valence-corrected chi connectivity index (χ4v) is 1.27. The third-order valence-electron chi connectivity index (χ3n) is 2.12. The molecule has 0 atom stereocenters. The largest absolute Gasteiger partial charge is 0.396 e. The fourth-order valence-electron chi connectivity index (χ4n) is 1.27. The number of carbonyl (C=O) groups excluding carboxylic acids is 1. The highest BCUT2D eigenvalue weighted by molar-refractivity contribution is 5.75. The van der Waals surface area contributed by atoms with Crippen LogP contribution in [0.15, 0.2) is 24.5 Å². The summed E-state index contributed by atoms with van der Waals surface area (Å²) in [7, 11) is 1.76. The normalized spacial score (nSPS) is 10.0. The number of aliphatic hydroxyl groups is 1. The summed E-state index contributed by atoms with van der Waals surface area (Å²) < 4.78 is 0. The van der Waals surface area contributed by atoms with E-state index in [0.717, 1.165) is 5.56 Å². The number of hydrogen-bond acceptors (Lipinski definition) is 3. The van der Waals surface area contributed by atoms with E-state index in [9.17, 15) is 4.79 Å². The van der Waals surface area contributed by atoms with E-state index in [-0.39, 0.29) is 12.5 Å². The number of hydrogen-bond donors (Lipinski definition) is 1. The van der Waals surface area contributed by atoms with Gasteiger partial charge in [0.25, 0.3) is 0 Å². The molecule has 0 fully saturated rings. The molecule has 0 aliphatic rings. The molecule has 1 heterocycles. The summed E-state index contributed by atoms with van der Waals surface area (Å²) >= 11 is 0. The standard InChI is InChI=1S/C11H16N2O2/c1-13(11(15)5-3-7-14)9-10-4-2-6-12-8-10/h2,4,6,8,14H,3,5,7,9H2,1H3. The predicted octanol–water partition coefficient (Wildman–Crippen LogP) is 0.812. The first-order chi connectivity index (χ1) is 7.24. The monoisotopic (exact) mass is 208 g/mol. The molecule has 1 aromatic rings. The van der Waals surface area contributed by atoms with Crippen molar-refractivity contribution >= 4 is 5.91 Å². The van der Waals surface area contributed by atoms with E-state index in [4.69, 9.17) is 5.11 Å². The van der Waals surface area contributed by atoms with Gasteiger partial charge in [0.15, 0.2) is 0 Å². The van der Waals surface area contributed by atoms with Crippen LogP contribution in [0, 0.1) is 0 Å². The zero-order chi connectivity index (χ0) is 11.1. The number of pyridine rings is 1. The molecule has 0 bridgehead atoms. The van der Waals surface area contributed by atoms with Gasteiger partial charge in [-0.05, 0) is 18.1 Å². The molecular weight excluding hydrogens is 192 g/mol. The average molecular weight is 208 g/mol. The molecule has 0 aromatic carbocycles. The van der Waals surface area contributed by atoms with Gasteiger partial charge in [-0.3, -0.25) is 9.78 Å². The summed E-state index contributed by atoms with van der Waals surface area (Å²) in [6.45, 7) is 0.630. The third kappa shape index (κ3) is 4.08. The summed E-state index contributed by atoms with van der Waals surface area (Å²) in [6, 6.07) is 3.78. The van der Waals surface area contributed by atoms with Crippen LogP contribution in [-0.2, 0) is 11.3 Å². The number of amides is 1. The number of rotatable bonds is 5. The second kappa shape index (κ2) is 6.14. The fraction of sp³-hybridized carbons (Fsp3) is 0.455. The van der Waals surface area contributed by atoms with Gasteiger partial charge in [-0.2, -0.15) is 0 Å². The molecule has 0 radical (unpaired) electrons. The average Bonchev–Trinajstić information content (AvgIpc) is 2.27. The number of aromatic nitrogens is 1. The maximum Gasteiger partial charge on any atom is 0.222 e. The molecule has 0 aliphatic carbocycles. The van der Waals surface area contributed by atoms with Crippen molar-refractivity contribution in [3.8, 4) is 0 Å². The van der Waals surface area contributed by atoms with Crippen molar-refractivity contribution in [3.63, 3.8) is 0 Å². The second-order valence-corrected chi connectivity index (χ2v) is 3.44. The summed E-state index contributed by atoms with van der Waals surface area (Å²) in [5.41, 5.74) is 1.01. The highest BCUT2D eigenvalue weighted by Crippen LogP contribution is 2.03. The summed E-state index contributed by atoms with van der Waals surface area (Å²) in [5, 5.41) is 8.61. The lowest BCUT2D eigenvalue weighted by Gasteiger charge is -2.16. The van der Waals surface area contributed by atoms with Crippen molar-refractivity contribution in [1.82, 2.24) is 9.88 Å². The minimum Gasteiger partial charge on any atom is -0.396 e. The van der Waals surface area contributed by atoms with Gasteiger partial charge in [0, 0.05) is 39.0 Å². The Balaban J connectivity index is 2.41. The first kappa shape index (κ1) is 11.7. The predicted molar refractivity (Wildman–Crippen MR) is 57.0 cm³/mol. The van der Waals surface area contributed by atoms with Crippen LogP contribution in [0.3, 0.4) is 0 Å². The van der Waals surface area contributed by atoms with Crippen LogP contribution in [0.25, 0.3) is 0 Å². The molecule has 4 heteroatoms. The van der Waals surface area contributed by atoms with E-state index >= 15 is 0 Å². The Morgan fingerprint density at radius 3 is 3.00 bits per heavy atom. The lowest BCUT2D eigenvalue weighted by atomic mass is 10.2. The van der Waals surface area contributed by atoms with Gasteiger partial charge in [-0.25, -0.2) is 0 Å². The molecule has 82 valence electrons. The molecule has 1 N–H and O–H groups in total. The summed E-state index contributed by atoms with van der Waals surface area (Å²) in [4.78, 5) is 17.1. The topological polar surface area (TPSA) is 53.4 Å². The first-order valence-corrected chi connectivity index (χ1v) is 4.97. The highest BCUT2D eigenvalue weighted by atomic mass is 16.3. The van der Waals surface area contributed by atoms with Gasteiger partial charge in [0.05, 0.1) is 0 Å². The van der Waals surface area contributed by atoms with Crippen LogP contribution in [-0.4, -0.2) is 34.6 Å². The van der Waals surface area contributed by atoms with Crippen LogP contribution >= 0.6 is 0 Å². The summed E-state index contributed by atoms with van der Waals surface area (Å²) in [5.74, 6) is 0.0490. The number of aliphatic hydroxyl groups excluding tert-OH is 1. The molecule has 0 aliphatic heterocycles. The van der Waals surface area contributed by atoms with Crippen LogP contribution in [0.5, 0.6) is 0 Å². The second-order valence-electron chi connectivity index (χ2n) is 3.44. The van der Waals surface area contributed by atoms with Crippen molar-refractivity contribution in [2.45, 2.75) is 19.4 Å². The van der Waals surface area contributed by atoms with Gasteiger partial charge in [0.1, 0.15) is 0 Å². The van der Waals surface area contributed by atoms with Crippen LogP contribution in [0.4, 0.5) is 0 Å². The van der Waals surface area contributed by atoms with Crippen LogP contribution in [0.1, 0.15) is 18.4 Å². The zero-order valence-electron chi connectivity index (χ0n) is 8.89. The Hall–Kier alpha value is -1.42. The molecule has 1 rings (SSSR count). The van der Waals surface area contributed by atoms with E-state index < -0.39 is 0 Å². The minimum absolute atomic E-state index is 0.0490. The van der Waals surface area contributed by atoms with Crippen molar-refractivity contribution in [2.24, 2.45) is 0 Å². The molecule has 1 aromatic heterocycles. The molecule has 0 saturated carbocycles. The number of nitrogens with zero attached hydrogens (tertiary/aromatic N) is 2. The smallest absolute Gasteiger partial charge is 0.222 e. The Labute approximate surface area is 89.6 Å². The molecular formula is C11H16N2O2. The Morgan fingerprint density at radius 1 is 1.60 bits per heavy atom. The SMILES string of the molecule is CN(Cc1cccnc1)C(=O)CCCO. The zero-order valence-corrected chi connectivity index (χ0v) is 8.89.